The number of rotatable bonds is 5. The Morgan fingerprint density at radius 3 is 2.46 bits per heavy atom. The minimum Gasteiger partial charge on any atom is -0.328 e. The van der Waals surface area contributed by atoms with Crippen molar-refractivity contribution in [2.45, 2.75) is 32.7 Å². The number of tetrazole rings is 1. The number of aryl methyl sites for hydroxylation is 1. The van der Waals surface area contributed by atoms with Gasteiger partial charge in [-0.05, 0) is 60.2 Å². The molecule has 0 atom stereocenters. The Bertz CT molecular complexity index is 817. The van der Waals surface area contributed by atoms with Crippen LogP contribution in [0.3, 0.4) is 0 Å². The van der Waals surface area contributed by atoms with E-state index in [9.17, 15) is 0 Å². The van der Waals surface area contributed by atoms with Crippen molar-refractivity contribution in [3.63, 3.8) is 0 Å². The van der Waals surface area contributed by atoms with Crippen molar-refractivity contribution >= 4 is 0 Å². The zero-order valence-electron chi connectivity index (χ0n) is 15.3. The molecule has 1 aromatic heterocycles. The molecule has 0 saturated carbocycles. The number of benzene rings is 2. The van der Waals surface area contributed by atoms with Crippen LogP contribution in [0.5, 0.6) is 0 Å². The van der Waals surface area contributed by atoms with Crippen molar-refractivity contribution in [2.75, 3.05) is 13.1 Å². The van der Waals surface area contributed by atoms with Crippen LogP contribution in [0.15, 0.2) is 54.6 Å². The number of likely N-dealkylation sites (tertiary alicyclic amines) is 1. The lowest BCUT2D eigenvalue weighted by atomic mass is 9.90. The summed E-state index contributed by atoms with van der Waals surface area (Å²) < 4.78 is 1.88. The predicted octanol–water partition coefficient (Wildman–Crippen LogP) is 2.01. The molecule has 1 aliphatic rings. The molecule has 5 nitrogen and oxygen atoms in total. The third-order valence-electron chi connectivity index (χ3n) is 5.40. The van der Waals surface area contributed by atoms with Crippen molar-refractivity contribution in [1.82, 2.24) is 20.2 Å². The van der Waals surface area contributed by atoms with Crippen LogP contribution in [0.2, 0.25) is 0 Å². The highest BCUT2D eigenvalue weighted by Crippen LogP contribution is 2.17. The molecule has 2 heterocycles. The van der Waals surface area contributed by atoms with Gasteiger partial charge in [-0.3, -0.25) is 0 Å². The van der Waals surface area contributed by atoms with Crippen LogP contribution in [-0.4, -0.2) is 33.3 Å². The molecular weight excluding hydrogens is 322 g/mol. The summed E-state index contributed by atoms with van der Waals surface area (Å²) in [5, 5.41) is 12.4. The normalized spacial score (nSPS) is 20.2. The van der Waals surface area contributed by atoms with Crippen LogP contribution in [0.1, 0.15) is 29.8 Å². The maximum Gasteiger partial charge on any atom is 0.210 e. The second-order valence-corrected chi connectivity index (χ2v) is 7.40. The molecule has 1 fully saturated rings. The van der Waals surface area contributed by atoms with Gasteiger partial charge in [0.2, 0.25) is 5.82 Å². The number of aromatic nitrogens is 4. The molecule has 3 aromatic rings. The highest BCUT2D eigenvalue weighted by Gasteiger charge is 2.24. The summed E-state index contributed by atoms with van der Waals surface area (Å²) in [6.45, 7) is 5.36. The lowest BCUT2D eigenvalue weighted by Crippen LogP contribution is -3.11. The van der Waals surface area contributed by atoms with Gasteiger partial charge in [0.1, 0.15) is 6.54 Å². The van der Waals surface area contributed by atoms with E-state index >= 15 is 0 Å². The average molecular weight is 348 g/mol. The molecule has 0 spiro atoms. The number of nitrogens with zero attached hydrogens (tertiary/aromatic N) is 4. The highest BCUT2D eigenvalue weighted by atomic mass is 15.5. The van der Waals surface area contributed by atoms with E-state index in [4.69, 9.17) is 0 Å². The van der Waals surface area contributed by atoms with E-state index < -0.39 is 0 Å². The van der Waals surface area contributed by atoms with Crippen LogP contribution >= 0.6 is 0 Å². The van der Waals surface area contributed by atoms with Crippen LogP contribution in [0, 0.1) is 12.8 Å². The maximum atomic E-state index is 4.28. The first-order valence-electron chi connectivity index (χ1n) is 9.50. The monoisotopic (exact) mass is 348 g/mol. The van der Waals surface area contributed by atoms with Gasteiger partial charge in [0.25, 0.3) is 0 Å². The molecule has 0 bridgehead atoms. The first-order valence-corrected chi connectivity index (χ1v) is 9.50. The van der Waals surface area contributed by atoms with E-state index in [1.165, 1.54) is 43.5 Å². The number of quaternary nitrogens is 1. The minimum absolute atomic E-state index is 0.800. The minimum atomic E-state index is 0.800. The average Bonchev–Trinajstić information content (AvgIpc) is 3.13. The molecular formula is C21H26N5+. The van der Waals surface area contributed by atoms with Gasteiger partial charge in [-0.15, -0.1) is 5.10 Å². The fourth-order valence-electron chi connectivity index (χ4n) is 3.84. The zero-order chi connectivity index (χ0) is 17.8. The Kier molecular flexibility index (Phi) is 5.07. The Morgan fingerprint density at radius 1 is 1.00 bits per heavy atom. The Hall–Kier alpha value is -2.53. The van der Waals surface area contributed by atoms with E-state index in [0.717, 1.165) is 24.0 Å². The fourth-order valence-corrected chi connectivity index (χ4v) is 3.84. The third kappa shape index (κ3) is 3.99. The molecule has 0 aliphatic carbocycles. The second kappa shape index (κ2) is 7.79. The van der Waals surface area contributed by atoms with Gasteiger partial charge in [-0.2, -0.15) is 4.68 Å². The van der Waals surface area contributed by atoms with Crippen molar-refractivity contribution in [1.29, 1.82) is 0 Å². The molecule has 0 unspecified atom stereocenters. The standard InChI is InChI=1S/C21H25N5/c1-17-7-9-20(10-8-17)26-21(22-23-24-26)16-25-13-11-19(12-14-25)15-18-5-3-2-4-6-18/h2-10,19H,11-16H2,1H3/p+1. The van der Waals surface area contributed by atoms with Gasteiger partial charge in [-0.1, -0.05) is 48.0 Å². The molecule has 1 saturated heterocycles. The van der Waals surface area contributed by atoms with Gasteiger partial charge in [0, 0.05) is 0 Å². The van der Waals surface area contributed by atoms with Gasteiger partial charge in [0.05, 0.1) is 18.8 Å². The van der Waals surface area contributed by atoms with Gasteiger partial charge in [-0.25, -0.2) is 0 Å². The van der Waals surface area contributed by atoms with Crippen LogP contribution in [0.4, 0.5) is 0 Å². The topological polar surface area (TPSA) is 48.0 Å². The van der Waals surface area contributed by atoms with E-state index in [0.29, 0.717) is 0 Å². The van der Waals surface area contributed by atoms with E-state index in [1.807, 2.05) is 4.68 Å². The molecule has 134 valence electrons. The van der Waals surface area contributed by atoms with Crippen molar-refractivity contribution in [2.24, 2.45) is 5.92 Å². The van der Waals surface area contributed by atoms with Crippen LogP contribution < -0.4 is 4.90 Å². The molecule has 0 radical (unpaired) electrons. The SMILES string of the molecule is Cc1ccc(-n2nnnc2C[NH+]2CCC(Cc3ccccc3)CC2)cc1. The predicted molar refractivity (Wildman–Crippen MR) is 101 cm³/mol. The number of hydrogen-bond acceptors (Lipinski definition) is 3. The summed E-state index contributed by atoms with van der Waals surface area (Å²) in [5.74, 6) is 1.75. The van der Waals surface area contributed by atoms with Gasteiger partial charge in [0.15, 0.2) is 0 Å². The molecule has 1 N–H and O–H groups in total. The van der Waals surface area contributed by atoms with Gasteiger partial charge >= 0.3 is 0 Å². The zero-order valence-corrected chi connectivity index (χ0v) is 15.3. The molecule has 2 aromatic carbocycles. The Balaban J connectivity index is 1.35. The molecule has 4 rings (SSSR count). The summed E-state index contributed by atoms with van der Waals surface area (Å²) in [5.41, 5.74) is 3.74. The molecule has 5 heteroatoms. The number of nitrogens with one attached hydrogen (secondary N) is 1. The second-order valence-electron chi connectivity index (χ2n) is 7.40. The number of piperidine rings is 1. The maximum absolute atomic E-state index is 4.28. The molecule has 0 amide bonds. The Morgan fingerprint density at radius 2 is 1.73 bits per heavy atom. The number of hydrogen-bond donors (Lipinski definition) is 1. The van der Waals surface area contributed by atoms with Gasteiger partial charge < -0.3 is 4.90 Å². The van der Waals surface area contributed by atoms with Crippen LogP contribution in [0.25, 0.3) is 5.69 Å². The largest absolute Gasteiger partial charge is 0.328 e. The van der Waals surface area contributed by atoms with Crippen molar-refractivity contribution in [3.05, 3.63) is 71.5 Å². The summed E-state index contributed by atoms with van der Waals surface area (Å²) in [6, 6.07) is 19.2. The fraction of sp³-hybridized carbons (Fsp3) is 0.381. The summed E-state index contributed by atoms with van der Waals surface area (Å²) in [7, 11) is 0. The smallest absolute Gasteiger partial charge is 0.210 e. The van der Waals surface area contributed by atoms with E-state index in [2.05, 4.69) is 77.0 Å². The Labute approximate surface area is 154 Å². The highest BCUT2D eigenvalue weighted by molar-refractivity contribution is 5.33. The first kappa shape index (κ1) is 16.9. The quantitative estimate of drug-likeness (QED) is 0.767. The van der Waals surface area contributed by atoms with Crippen molar-refractivity contribution in [3.8, 4) is 5.69 Å². The molecule has 26 heavy (non-hydrogen) atoms. The third-order valence-corrected chi connectivity index (χ3v) is 5.40. The van der Waals surface area contributed by atoms with Crippen molar-refractivity contribution < 1.29 is 4.90 Å². The lowest BCUT2D eigenvalue weighted by molar-refractivity contribution is -0.920. The van der Waals surface area contributed by atoms with E-state index in [-0.39, 0.29) is 0 Å². The summed E-state index contributed by atoms with van der Waals surface area (Å²) in [4.78, 5) is 1.58. The lowest BCUT2D eigenvalue weighted by Gasteiger charge is -2.29. The van der Waals surface area contributed by atoms with Crippen LogP contribution in [-0.2, 0) is 13.0 Å². The molecule has 1 aliphatic heterocycles. The first-order chi connectivity index (χ1) is 12.8. The summed E-state index contributed by atoms with van der Waals surface area (Å²) >= 11 is 0. The van der Waals surface area contributed by atoms with E-state index in [1.54, 1.807) is 4.90 Å². The summed E-state index contributed by atoms with van der Waals surface area (Å²) in [6.07, 6.45) is 3.75.